The fourth-order valence-corrected chi connectivity index (χ4v) is 3.60. The van der Waals surface area contributed by atoms with E-state index in [9.17, 15) is 9.59 Å². The number of ether oxygens (including phenoxy) is 1. The number of aryl methyl sites for hydroxylation is 1. The van der Waals surface area contributed by atoms with E-state index in [1.54, 1.807) is 61.5 Å². The number of carbonyl (C=O) groups is 1. The molecule has 0 unspecified atom stereocenters. The van der Waals surface area contributed by atoms with Gasteiger partial charge in [-0.3, -0.25) is 4.79 Å². The van der Waals surface area contributed by atoms with Gasteiger partial charge in [0.1, 0.15) is 5.58 Å². The summed E-state index contributed by atoms with van der Waals surface area (Å²) in [5, 5.41) is 0.970. The van der Waals surface area contributed by atoms with Gasteiger partial charge in [0.15, 0.2) is 5.76 Å². The Hall–Kier alpha value is -2.60. The molecule has 0 radical (unpaired) electrons. The zero-order valence-electron chi connectivity index (χ0n) is 15.5. The summed E-state index contributed by atoms with van der Waals surface area (Å²) in [6.45, 7) is 1.80. The second-order valence-electron chi connectivity index (χ2n) is 6.56. The molecule has 1 aromatic heterocycles. The molecule has 0 spiro atoms. The first kappa shape index (κ1) is 20.7. The van der Waals surface area contributed by atoms with Gasteiger partial charge in [-0.05, 0) is 61.0 Å². The third kappa shape index (κ3) is 3.88. The summed E-state index contributed by atoms with van der Waals surface area (Å²) < 4.78 is 12.3. The van der Waals surface area contributed by atoms with Crippen LogP contribution in [0.4, 0.5) is 0 Å². The van der Waals surface area contributed by atoms with E-state index in [-0.39, 0.29) is 22.5 Å². The molecular weight excluding hydrogens is 491 g/mol. The van der Waals surface area contributed by atoms with Crippen molar-refractivity contribution in [1.82, 2.24) is 0 Å². The Morgan fingerprint density at radius 2 is 1.70 bits per heavy atom. The zero-order valence-corrected chi connectivity index (χ0v) is 18.6. The highest BCUT2D eigenvalue weighted by Crippen LogP contribution is 2.36. The number of hydrogen-bond donors (Lipinski definition) is 0. The number of rotatable bonds is 3. The van der Waals surface area contributed by atoms with Crippen LogP contribution in [0.5, 0.6) is 5.75 Å². The second-order valence-corrected chi connectivity index (χ2v) is 8.29. The van der Waals surface area contributed by atoms with Crippen molar-refractivity contribution in [3.05, 3.63) is 96.5 Å². The van der Waals surface area contributed by atoms with Crippen molar-refractivity contribution in [1.29, 1.82) is 0 Å². The standard InChI is InChI=1S/C23H13BrCl2O4/c1-12-10-19-16(11-18(12)26)20(27)22(21(29-19)15-4-2-3-5-17(15)25)30-23(28)13-6-8-14(24)9-7-13/h2-11H,1H3. The molecule has 4 rings (SSSR count). The summed E-state index contributed by atoms with van der Waals surface area (Å²) >= 11 is 15.8. The Kier molecular flexibility index (Phi) is 5.69. The zero-order chi connectivity index (χ0) is 21.4. The summed E-state index contributed by atoms with van der Waals surface area (Å²) in [5.41, 5.74) is 1.27. The Morgan fingerprint density at radius 3 is 2.40 bits per heavy atom. The summed E-state index contributed by atoms with van der Waals surface area (Å²) in [4.78, 5) is 26.0. The largest absolute Gasteiger partial charge is 0.452 e. The van der Waals surface area contributed by atoms with Gasteiger partial charge in [0, 0.05) is 15.1 Å². The van der Waals surface area contributed by atoms with Crippen LogP contribution in [0.2, 0.25) is 10.0 Å². The minimum atomic E-state index is -0.694. The van der Waals surface area contributed by atoms with Crippen molar-refractivity contribution < 1.29 is 13.9 Å². The first-order valence-corrected chi connectivity index (χ1v) is 10.4. The van der Waals surface area contributed by atoms with E-state index in [1.807, 2.05) is 0 Å². The molecule has 0 aliphatic carbocycles. The lowest BCUT2D eigenvalue weighted by Crippen LogP contribution is -2.16. The molecule has 0 amide bonds. The molecule has 0 atom stereocenters. The van der Waals surface area contributed by atoms with E-state index in [4.69, 9.17) is 32.4 Å². The molecule has 150 valence electrons. The Labute approximate surface area is 190 Å². The molecule has 0 aliphatic heterocycles. The molecule has 3 aromatic carbocycles. The maximum Gasteiger partial charge on any atom is 0.343 e. The molecule has 0 bridgehead atoms. The number of hydrogen-bond acceptors (Lipinski definition) is 4. The average molecular weight is 504 g/mol. The second kappa shape index (κ2) is 8.26. The van der Waals surface area contributed by atoms with Gasteiger partial charge in [0.2, 0.25) is 11.2 Å². The maximum atomic E-state index is 13.3. The number of fused-ring (bicyclic) bond motifs is 1. The van der Waals surface area contributed by atoms with Crippen LogP contribution in [0.1, 0.15) is 15.9 Å². The molecule has 30 heavy (non-hydrogen) atoms. The van der Waals surface area contributed by atoms with Crippen molar-refractivity contribution in [2.45, 2.75) is 6.92 Å². The van der Waals surface area contributed by atoms with Crippen LogP contribution in [-0.2, 0) is 0 Å². The van der Waals surface area contributed by atoms with E-state index in [0.717, 1.165) is 10.0 Å². The monoisotopic (exact) mass is 502 g/mol. The normalized spacial score (nSPS) is 10.9. The topological polar surface area (TPSA) is 56.5 Å². The van der Waals surface area contributed by atoms with Crippen LogP contribution in [0.3, 0.4) is 0 Å². The molecule has 0 aliphatic rings. The van der Waals surface area contributed by atoms with Gasteiger partial charge < -0.3 is 9.15 Å². The SMILES string of the molecule is Cc1cc2oc(-c3ccccc3Cl)c(OC(=O)c3ccc(Br)cc3)c(=O)c2cc1Cl. The van der Waals surface area contributed by atoms with E-state index in [1.165, 1.54) is 6.07 Å². The Balaban J connectivity index is 1.95. The van der Waals surface area contributed by atoms with Crippen molar-refractivity contribution >= 4 is 56.1 Å². The van der Waals surface area contributed by atoms with Crippen molar-refractivity contribution in [2.75, 3.05) is 0 Å². The van der Waals surface area contributed by atoms with E-state index < -0.39 is 11.4 Å². The number of benzene rings is 3. The lowest BCUT2D eigenvalue weighted by atomic mass is 10.1. The first-order chi connectivity index (χ1) is 14.3. The molecule has 1 heterocycles. The Morgan fingerprint density at radius 1 is 1.00 bits per heavy atom. The van der Waals surface area contributed by atoms with Gasteiger partial charge in [-0.25, -0.2) is 4.79 Å². The quantitative estimate of drug-likeness (QED) is 0.281. The number of esters is 1. The number of halogens is 3. The van der Waals surface area contributed by atoms with Gasteiger partial charge in [-0.15, -0.1) is 0 Å². The van der Waals surface area contributed by atoms with E-state index in [0.29, 0.717) is 21.2 Å². The smallest absolute Gasteiger partial charge is 0.343 e. The molecule has 0 saturated carbocycles. The molecule has 7 heteroatoms. The van der Waals surface area contributed by atoms with Crippen molar-refractivity contribution in [2.24, 2.45) is 0 Å². The van der Waals surface area contributed by atoms with Gasteiger partial charge >= 0.3 is 5.97 Å². The highest BCUT2D eigenvalue weighted by Gasteiger charge is 2.23. The molecule has 4 aromatic rings. The fourth-order valence-electron chi connectivity index (χ4n) is 2.95. The van der Waals surface area contributed by atoms with Crippen molar-refractivity contribution in [3.63, 3.8) is 0 Å². The average Bonchev–Trinajstić information content (AvgIpc) is 2.72. The van der Waals surface area contributed by atoms with Crippen LogP contribution in [0.25, 0.3) is 22.3 Å². The molecular formula is C23H13BrCl2O4. The third-order valence-electron chi connectivity index (χ3n) is 4.52. The predicted molar refractivity (Wildman–Crippen MR) is 122 cm³/mol. The number of carbonyl (C=O) groups excluding carboxylic acids is 1. The van der Waals surface area contributed by atoms with Crippen LogP contribution < -0.4 is 10.2 Å². The lowest BCUT2D eigenvalue weighted by Gasteiger charge is -2.12. The molecule has 0 fully saturated rings. The van der Waals surface area contributed by atoms with E-state index in [2.05, 4.69) is 15.9 Å². The van der Waals surface area contributed by atoms with Crippen LogP contribution in [0.15, 0.2) is 74.3 Å². The summed E-state index contributed by atoms with van der Waals surface area (Å²) in [6.07, 6.45) is 0. The van der Waals surface area contributed by atoms with Gasteiger partial charge in [-0.1, -0.05) is 51.3 Å². The minimum absolute atomic E-state index is 0.0743. The highest BCUT2D eigenvalue weighted by atomic mass is 79.9. The molecule has 4 nitrogen and oxygen atoms in total. The van der Waals surface area contributed by atoms with E-state index >= 15 is 0 Å². The van der Waals surface area contributed by atoms with Crippen LogP contribution in [0, 0.1) is 6.92 Å². The summed E-state index contributed by atoms with van der Waals surface area (Å²) in [7, 11) is 0. The van der Waals surface area contributed by atoms with Crippen LogP contribution in [-0.4, -0.2) is 5.97 Å². The molecule has 0 saturated heterocycles. The fraction of sp³-hybridized carbons (Fsp3) is 0.0435. The lowest BCUT2D eigenvalue weighted by molar-refractivity contribution is 0.0731. The van der Waals surface area contributed by atoms with Gasteiger partial charge in [0.05, 0.1) is 16.0 Å². The van der Waals surface area contributed by atoms with Crippen molar-refractivity contribution in [3.8, 4) is 17.1 Å². The summed E-state index contributed by atoms with van der Waals surface area (Å²) in [5.74, 6) is -0.866. The highest BCUT2D eigenvalue weighted by molar-refractivity contribution is 9.10. The molecule has 0 N–H and O–H groups in total. The van der Waals surface area contributed by atoms with Crippen LogP contribution >= 0.6 is 39.1 Å². The third-order valence-corrected chi connectivity index (χ3v) is 5.79. The maximum absolute atomic E-state index is 13.3. The minimum Gasteiger partial charge on any atom is -0.452 e. The first-order valence-electron chi connectivity index (χ1n) is 8.85. The Bertz CT molecular complexity index is 1340. The van der Waals surface area contributed by atoms with Gasteiger partial charge in [-0.2, -0.15) is 0 Å². The predicted octanol–water partition coefficient (Wildman–Crippen LogP) is 7.06. The summed E-state index contributed by atoms with van der Waals surface area (Å²) in [6, 6.07) is 16.6. The van der Waals surface area contributed by atoms with Gasteiger partial charge in [0.25, 0.3) is 0 Å².